The summed E-state index contributed by atoms with van der Waals surface area (Å²) in [6, 6.07) is 0. The zero-order chi connectivity index (χ0) is 10.4. The summed E-state index contributed by atoms with van der Waals surface area (Å²) in [7, 11) is 0. The van der Waals surface area contributed by atoms with Gasteiger partial charge in [0.15, 0.2) is 0 Å². The molecule has 1 heteroatoms. The van der Waals surface area contributed by atoms with Crippen molar-refractivity contribution in [1.29, 1.82) is 0 Å². The molecule has 1 nitrogen and oxygen atoms in total. The molecule has 2 saturated carbocycles. The van der Waals surface area contributed by atoms with Crippen molar-refractivity contribution in [3.05, 3.63) is 0 Å². The molecule has 0 aliphatic heterocycles. The summed E-state index contributed by atoms with van der Waals surface area (Å²) in [5, 5.41) is 0. The van der Waals surface area contributed by atoms with Crippen LogP contribution in [0.5, 0.6) is 0 Å². The Morgan fingerprint density at radius 1 is 1.14 bits per heavy atom. The van der Waals surface area contributed by atoms with Crippen LogP contribution in [0.1, 0.15) is 59.3 Å². The third-order valence-electron chi connectivity index (χ3n) is 4.76. The molecule has 0 heterocycles. The summed E-state index contributed by atoms with van der Waals surface area (Å²) in [5.74, 6) is 1.15. The maximum absolute atomic E-state index is 11.5. The Bertz CT molecular complexity index is 254. The van der Waals surface area contributed by atoms with Gasteiger partial charge in [0.05, 0.1) is 0 Å². The van der Waals surface area contributed by atoms with Crippen LogP contribution in [0, 0.1) is 16.7 Å². The van der Waals surface area contributed by atoms with Crippen molar-refractivity contribution >= 4 is 5.78 Å². The minimum atomic E-state index is 0.392. The van der Waals surface area contributed by atoms with E-state index >= 15 is 0 Å². The lowest BCUT2D eigenvalue weighted by Crippen LogP contribution is -2.46. The van der Waals surface area contributed by atoms with Crippen molar-refractivity contribution < 1.29 is 4.79 Å². The number of carbonyl (C=O) groups is 1. The summed E-state index contributed by atoms with van der Waals surface area (Å²) in [4.78, 5) is 11.5. The van der Waals surface area contributed by atoms with Crippen LogP contribution in [0.15, 0.2) is 0 Å². The Labute approximate surface area is 87.3 Å². The van der Waals surface area contributed by atoms with Crippen molar-refractivity contribution in [2.75, 3.05) is 0 Å². The van der Waals surface area contributed by atoms with Crippen molar-refractivity contribution in [2.24, 2.45) is 16.7 Å². The predicted molar refractivity (Wildman–Crippen MR) is 58.1 cm³/mol. The van der Waals surface area contributed by atoms with E-state index in [0.29, 0.717) is 22.5 Å². The van der Waals surface area contributed by atoms with Crippen LogP contribution in [0.25, 0.3) is 0 Å². The van der Waals surface area contributed by atoms with Gasteiger partial charge in [0.1, 0.15) is 5.78 Å². The fraction of sp³-hybridized carbons (Fsp3) is 0.923. The largest absolute Gasteiger partial charge is 0.300 e. The highest BCUT2D eigenvalue weighted by Gasteiger charge is 2.48. The smallest absolute Gasteiger partial charge is 0.133 e. The molecule has 0 bridgehead atoms. The summed E-state index contributed by atoms with van der Waals surface area (Å²) in [6.07, 6.45) is 6.83. The Kier molecular flexibility index (Phi) is 2.24. The molecule has 0 saturated heterocycles. The Balaban J connectivity index is 2.26. The molecule has 2 rings (SSSR count). The van der Waals surface area contributed by atoms with E-state index in [1.54, 1.807) is 0 Å². The molecule has 0 aromatic rings. The van der Waals surface area contributed by atoms with Crippen LogP contribution in [0.2, 0.25) is 0 Å². The minimum absolute atomic E-state index is 0.392. The van der Waals surface area contributed by atoms with Crippen molar-refractivity contribution in [1.82, 2.24) is 0 Å². The normalized spacial score (nSPS) is 41.9. The highest BCUT2D eigenvalue weighted by molar-refractivity contribution is 5.79. The van der Waals surface area contributed by atoms with Gasteiger partial charge in [-0.1, -0.05) is 27.2 Å². The number of fused-ring (bicyclic) bond motifs is 1. The van der Waals surface area contributed by atoms with E-state index in [1.165, 1.54) is 19.3 Å². The molecule has 14 heavy (non-hydrogen) atoms. The maximum Gasteiger partial charge on any atom is 0.133 e. The van der Waals surface area contributed by atoms with Crippen LogP contribution >= 0.6 is 0 Å². The number of Topliss-reactive ketones (excluding diaryl/α,β-unsaturated/α-hetero) is 1. The van der Waals surface area contributed by atoms with Crippen LogP contribution in [-0.2, 0) is 4.79 Å². The zero-order valence-corrected chi connectivity index (χ0v) is 9.73. The van der Waals surface area contributed by atoms with E-state index < -0.39 is 0 Å². The predicted octanol–water partition coefficient (Wildman–Crippen LogP) is 3.57. The fourth-order valence-electron chi connectivity index (χ4n) is 3.82. The summed E-state index contributed by atoms with van der Waals surface area (Å²) in [6.45, 7) is 7.12. The van der Waals surface area contributed by atoms with Gasteiger partial charge in [-0.2, -0.15) is 0 Å². The molecule has 80 valence electrons. The summed E-state index contributed by atoms with van der Waals surface area (Å²) >= 11 is 0. The van der Waals surface area contributed by atoms with Crippen LogP contribution < -0.4 is 0 Å². The average molecular weight is 194 g/mol. The molecule has 0 radical (unpaired) electrons. The van der Waals surface area contributed by atoms with E-state index in [1.807, 2.05) is 0 Å². The first-order valence-corrected chi connectivity index (χ1v) is 5.96. The minimum Gasteiger partial charge on any atom is -0.300 e. The van der Waals surface area contributed by atoms with Gasteiger partial charge >= 0.3 is 0 Å². The monoisotopic (exact) mass is 194 g/mol. The molecule has 0 unspecified atom stereocenters. The Morgan fingerprint density at radius 2 is 1.86 bits per heavy atom. The van der Waals surface area contributed by atoms with Crippen molar-refractivity contribution in [3.8, 4) is 0 Å². The lowest BCUT2D eigenvalue weighted by molar-refractivity contribution is -0.131. The Morgan fingerprint density at radius 3 is 2.57 bits per heavy atom. The van der Waals surface area contributed by atoms with E-state index in [4.69, 9.17) is 0 Å². The lowest BCUT2D eigenvalue weighted by Gasteiger charge is -2.53. The van der Waals surface area contributed by atoms with Gasteiger partial charge in [-0.3, -0.25) is 4.79 Å². The second kappa shape index (κ2) is 3.08. The van der Waals surface area contributed by atoms with Gasteiger partial charge < -0.3 is 0 Å². The van der Waals surface area contributed by atoms with Gasteiger partial charge in [0.25, 0.3) is 0 Å². The van der Waals surface area contributed by atoms with Crippen LogP contribution in [0.3, 0.4) is 0 Å². The molecule has 2 aliphatic rings. The highest BCUT2D eigenvalue weighted by atomic mass is 16.1. The molecule has 0 aromatic heterocycles. The van der Waals surface area contributed by atoms with Gasteiger partial charge in [-0.25, -0.2) is 0 Å². The number of ketones is 1. The number of hydrogen-bond acceptors (Lipinski definition) is 1. The van der Waals surface area contributed by atoms with Crippen molar-refractivity contribution in [2.45, 2.75) is 59.3 Å². The lowest BCUT2D eigenvalue weighted by atomic mass is 9.51. The third-order valence-corrected chi connectivity index (χ3v) is 4.76. The highest BCUT2D eigenvalue weighted by Crippen LogP contribution is 2.56. The topological polar surface area (TPSA) is 17.1 Å². The average Bonchev–Trinajstić information content (AvgIpc) is 2.08. The first-order chi connectivity index (χ1) is 6.44. The molecule has 0 aromatic carbocycles. The van der Waals surface area contributed by atoms with Gasteiger partial charge in [-0.05, 0) is 36.0 Å². The number of carbonyl (C=O) groups excluding carboxylic acids is 1. The van der Waals surface area contributed by atoms with E-state index in [9.17, 15) is 4.79 Å². The molecule has 0 amide bonds. The Hall–Kier alpha value is -0.330. The summed E-state index contributed by atoms with van der Waals surface area (Å²) < 4.78 is 0. The quantitative estimate of drug-likeness (QED) is 0.576. The first-order valence-electron chi connectivity index (χ1n) is 5.96. The molecule has 0 N–H and O–H groups in total. The van der Waals surface area contributed by atoms with Gasteiger partial charge in [-0.15, -0.1) is 0 Å². The van der Waals surface area contributed by atoms with Crippen LogP contribution in [-0.4, -0.2) is 5.78 Å². The zero-order valence-electron chi connectivity index (χ0n) is 9.73. The molecular formula is C13H22O. The second-order valence-electron chi connectivity index (χ2n) is 6.29. The summed E-state index contributed by atoms with van der Waals surface area (Å²) in [5.41, 5.74) is 0.860. The SMILES string of the molecule is CC1(C)CCC[C@]2(C)CCC(=O)C[C@@H]12. The standard InChI is InChI=1S/C13H22O/c1-12(2)6-4-7-13(3)8-5-10(14)9-11(12)13/h11H,4-9H2,1-3H3/t11-,13+/m0/s1. The second-order valence-corrected chi connectivity index (χ2v) is 6.29. The molecule has 2 fully saturated rings. The van der Waals surface area contributed by atoms with E-state index in [2.05, 4.69) is 20.8 Å². The van der Waals surface area contributed by atoms with Gasteiger partial charge in [0, 0.05) is 12.8 Å². The molecule has 0 spiro atoms. The van der Waals surface area contributed by atoms with Crippen LogP contribution in [0.4, 0.5) is 0 Å². The third kappa shape index (κ3) is 1.51. The number of rotatable bonds is 0. The van der Waals surface area contributed by atoms with Crippen molar-refractivity contribution in [3.63, 3.8) is 0 Å². The number of hydrogen-bond donors (Lipinski definition) is 0. The molecule has 2 atom stereocenters. The maximum atomic E-state index is 11.5. The van der Waals surface area contributed by atoms with Gasteiger partial charge in [0.2, 0.25) is 0 Å². The first kappa shape index (κ1) is 10.2. The van der Waals surface area contributed by atoms with E-state index in [0.717, 1.165) is 19.3 Å². The van der Waals surface area contributed by atoms with E-state index in [-0.39, 0.29) is 0 Å². The molecule has 2 aliphatic carbocycles. The molecular weight excluding hydrogens is 172 g/mol. The fourth-order valence-corrected chi connectivity index (χ4v) is 3.82.